The summed E-state index contributed by atoms with van der Waals surface area (Å²) in [6.07, 6.45) is 7.86. The topological polar surface area (TPSA) is 35.2 Å². The molecule has 1 aromatic carbocycles. The highest BCUT2D eigenvalue weighted by Crippen LogP contribution is 2.26. The molecule has 0 fully saturated rings. The zero-order valence-corrected chi connectivity index (χ0v) is 9.86. The van der Waals surface area contributed by atoms with Crippen molar-refractivity contribution in [1.29, 1.82) is 0 Å². The van der Waals surface area contributed by atoms with Crippen molar-refractivity contribution in [3.8, 4) is 5.75 Å². The Balaban J connectivity index is 3.13. The normalized spacial score (nSPS) is 10.8. The molecule has 0 heterocycles. The predicted octanol–water partition coefficient (Wildman–Crippen LogP) is 3.42. The van der Waals surface area contributed by atoms with Gasteiger partial charge in [0.2, 0.25) is 0 Å². The van der Waals surface area contributed by atoms with Crippen LogP contribution >= 0.6 is 0 Å². The summed E-state index contributed by atoms with van der Waals surface area (Å²) in [5, 5.41) is 0. The van der Waals surface area contributed by atoms with Gasteiger partial charge in [0.25, 0.3) is 0 Å². The van der Waals surface area contributed by atoms with E-state index >= 15 is 0 Å². The Hall–Kier alpha value is -2.06. The molecule has 0 amide bonds. The Kier molecular flexibility index (Phi) is 4.98. The van der Waals surface area contributed by atoms with E-state index in [0.717, 1.165) is 16.7 Å². The summed E-state index contributed by atoms with van der Waals surface area (Å²) in [6.45, 7) is 11.2. The van der Waals surface area contributed by atoms with Gasteiger partial charge in [0.15, 0.2) is 5.75 Å². The zero-order chi connectivity index (χ0) is 12.7. The standard InChI is InChI=1S/C15H17NO/c1-4-8-12(5-2)11-14-10-7-9-13(6-3)15(14)17-16/h4-10H,1-3,11,16H2/b12-8+. The summed E-state index contributed by atoms with van der Waals surface area (Å²) in [4.78, 5) is 4.93. The highest BCUT2D eigenvalue weighted by Gasteiger charge is 2.07. The molecule has 0 bridgehead atoms. The number of hydrogen-bond donors (Lipinski definition) is 1. The van der Waals surface area contributed by atoms with Crippen LogP contribution in [0, 0.1) is 0 Å². The Morgan fingerprint density at radius 2 is 2.06 bits per heavy atom. The number of allylic oxidation sites excluding steroid dienone is 4. The van der Waals surface area contributed by atoms with Crippen molar-refractivity contribution in [2.75, 3.05) is 0 Å². The van der Waals surface area contributed by atoms with Crippen molar-refractivity contribution >= 4 is 6.08 Å². The summed E-state index contributed by atoms with van der Waals surface area (Å²) in [5.41, 5.74) is 2.93. The van der Waals surface area contributed by atoms with E-state index in [1.54, 1.807) is 18.2 Å². The summed E-state index contributed by atoms with van der Waals surface area (Å²) < 4.78 is 0. The van der Waals surface area contributed by atoms with Gasteiger partial charge in [-0.25, -0.2) is 0 Å². The van der Waals surface area contributed by atoms with E-state index in [4.69, 9.17) is 10.7 Å². The molecule has 1 aromatic rings. The molecule has 2 nitrogen and oxygen atoms in total. The van der Waals surface area contributed by atoms with Crippen LogP contribution in [0.15, 0.2) is 61.7 Å². The molecule has 0 saturated heterocycles. The minimum absolute atomic E-state index is 0.652. The van der Waals surface area contributed by atoms with Gasteiger partial charge in [0.05, 0.1) is 0 Å². The first-order valence-electron chi connectivity index (χ1n) is 5.32. The van der Waals surface area contributed by atoms with E-state index < -0.39 is 0 Å². The maximum atomic E-state index is 5.30. The lowest BCUT2D eigenvalue weighted by Gasteiger charge is -2.10. The molecule has 88 valence electrons. The summed E-state index contributed by atoms with van der Waals surface area (Å²) >= 11 is 0. The number of hydrogen-bond acceptors (Lipinski definition) is 2. The van der Waals surface area contributed by atoms with Gasteiger partial charge in [0, 0.05) is 17.5 Å². The van der Waals surface area contributed by atoms with Crippen LogP contribution in [-0.2, 0) is 6.42 Å². The summed E-state index contributed by atoms with van der Waals surface area (Å²) in [5.74, 6) is 5.96. The molecule has 0 spiro atoms. The van der Waals surface area contributed by atoms with Gasteiger partial charge in [-0.15, -0.1) is 0 Å². The minimum atomic E-state index is 0.652. The molecule has 0 aliphatic heterocycles. The van der Waals surface area contributed by atoms with E-state index in [1.807, 2.05) is 24.3 Å². The van der Waals surface area contributed by atoms with Crippen LogP contribution in [0.1, 0.15) is 11.1 Å². The van der Waals surface area contributed by atoms with E-state index in [2.05, 4.69) is 19.7 Å². The van der Waals surface area contributed by atoms with Crippen LogP contribution in [0.3, 0.4) is 0 Å². The lowest BCUT2D eigenvalue weighted by molar-refractivity contribution is 0.330. The SMILES string of the molecule is C=C/C=C(\C=C)Cc1cccc(C=C)c1ON. The molecular formula is C15H17NO. The molecule has 0 radical (unpaired) electrons. The molecule has 0 saturated carbocycles. The Labute approximate surface area is 102 Å². The number of rotatable bonds is 6. The zero-order valence-electron chi connectivity index (χ0n) is 9.86. The highest BCUT2D eigenvalue weighted by atomic mass is 16.6. The van der Waals surface area contributed by atoms with Crippen molar-refractivity contribution in [2.24, 2.45) is 5.90 Å². The molecule has 2 heteroatoms. The van der Waals surface area contributed by atoms with Crippen molar-refractivity contribution < 1.29 is 4.84 Å². The van der Waals surface area contributed by atoms with Crippen molar-refractivity contribution in [3.05, 3.63) is 72.9 Å². The molecule has 2 N–H and O–H groups in total. The van der Waals surface area contributed by atoms with E-state index in [-0.39, 0.29) is 0 Å². The third kappa shape index (κ3) is 3.20. The quantitative estimate of drug-likeness (QED) is 0.597. The first kappa shape index (κ1) is 13.0. The Bertz CT molecular complexity index is 458. The Morgan fingerprint density at radius 3 is 2.59 bits per heavy atom. The second-order valence-corrected chi connectivity index (χ2v) is 3.52. The Morgan fingerprint density at radius 1 is 1.29 bits per heavy atom. The van der Waals surface area contributed by atoms with Gasteiger partial charge in [-0.2, -0.15) is 5.90 Å². The number of para-hydroxylation sites is 1. The average Bonchev–Trinajstić information content (AvgIpc) is 2.37. The fourth-order valence-corrected chi connectivity index (χ4v) is 1.62. The third-order valence-electron chi connectivity index (χ3n) is 2.45. The second kappa shape index (κ2) is 6.51. The molecule has 17 heavy (non-hydrogen) atoms. The lowest BCUT2D eigenvalue weighted by atomic mass is 10.0. The molecule has 0 aliphatic carbocycles. The van der Waals surface area contributed by atoms with Crippen LogP contribution in [0.4, 0.5) is 0 Å². The van der Waals surface area contributed by atoms with Crippen LogP contribution in [0.5, 0.6) is 5.75 Å². The third-order valence-corrected chi connectivity index (χ3v) is 2.45. The second-order valence-electron chi connectivity index (χ2n) is 3.52. The molecular weight excluding hydrogens is 210 g/mol. The number of benzene rings is 1. The predicted molar refractivity (Wildman–Crippen MR) is 73.5 cm³/mol. The van der Waals surface area contributed by atoms with Crippen molar-refractivity contribution in [2.45, 2.75) is 6.42 Å². The van der Waals surface area contributed by atoms with Crippen molar-refractivity contribution in [3.63, 3.8) is 0 Å². The van der Waals surface area contributed by atoms with Gasteiger partial charge in [-0.05, 0) is 5.57 Å². The van der Waals surface area contributed by atoms with Gasteiger partial charge in [0.1, 0.15) is 0 Å². The lowest BCUT2D eigenvalue weighted by Crippen LogP contribution is -2.06. The van der Waals surface area contributed by atoms with Gasteiger partial charge < -0.3 is 4.84 Å². The number of nitrogens with two attached hydrogens (primary N) is 1. The molecule has 0 atom stereocenters. The smallest absolute Gasteiger partial charge is 0.157 e. The van der Waals surface area contributed by atoms with Crippen LogP contribution in [0.2, 0.25) is 0 Å². The average molecular weight is 227 g/mol. The minimum Gasteiger partial charge on any atom is -0.411 e. The molecule has 0 unspecified atom stereocenters. The molecule has 0 aromatic heterocycles. The summed E-state index contributed by atoms with van der Waals surface area (Å²) in [6, 6.07) is 5.82. The fraction of sp³-hybridized carbons (Fsp3) is 0.0667. The maximum Gasteiger partial charge on any atom is 0.157 e. The van der Waals surface area contributed by atoms with Gasteiger partial charge in [-0.3, -0.25) is 0 Å². The molecule has 1 rings (SSSR count). The van der Waals surface area contributed by atoms with Crippen LogP contribution in [-0.4, -0.2) is 0 Å². The fourth-order valence-electron chi connectivity index (χ4n) is 1.62. The monoisotopic (exact) mass is 227 g/mol. The summed E-state index contributed by atoms with van der Waals surface area (Å²) in [7, 11) is 0. The van der Waals surface area contributed by atoms with Crippen molar-refractivity contribution in [1.82, 2.24) is 0 Å². The van der Waals surface area contributed by atoms with E-state index in [0.29, 0.717) is 12.2 Å². The van der Waals surface area contributed by atoms with E-state index in [9.17, 15) is 0 Å². The highest BCUT2D eigenvalue weighted by molar-refractivity contribution is 5.59. The molecule has 0 aliphatic rings. The van der Waals surface area contributed by atoms with Gasteiger partial charge in [-0.1, -0.05) is 62.2 Å². The first-order chi connectivity index (χ1) is 8.26. The van der Waals surface area contributed by atoms with Crippen LogP contribution < -0.4 is 10.7 Å². The van der Waals surface area contributed by atoms with Gasteiger partial charge >= 0.3 is 0 Å². The van der Waals surface area contributed by atoms with E-state index in [1.165, 1.54) is 0 Å². The first-order valence-corrected chi connectivity index (χ1v) is 5.32. The largest absolute Gasteiger partial charge is 0.411 e. The maximum absolute atomic E-state index is 5.30. The van der Waals surface area contributed by atoms with Crippen LogP contribution in [0.25, 0.3) is 6.08 Å².